The van der Waals surface area contributed by atoms with Gasteiger partial charge in [-0.1, -0.05) is 32.9 Å². The first kappa shape index (κ1) is 18.2. The molecule has 1 heterocycles. The largest absolute Gasteiger partial charge is 0.326 e. The number of nitrogens with one attached hydrogen (secondary N) is 2. The molecule has 1 fully saturated rings. The first-order valence-corrected chi connectivity index (χ1v) is 8.56. The fourth-order valence-electron chi connectivity index (χ4n) is 3.20. The molecular weight excluding hydrogens is 304 g/mol. The highest BCUT2D eigenvalue weighted by atomic mass is 16.2. The quantitative estimate of drug-likeness (QED) is 0.755. The standard InChI is InChI=1S/C19H26N2O3/c1-12(2)8-13(3)9-17(22)20-16-6-4-14(5-7-16)10-15-11-18(23)21-19(15)24/h4-7,12-13,15H,8-11H2,1-3H3,(H,20,22)(H,21,23,24). The van der Waals surface area contributed by atoms with Gasteiger partial charge in [0.15, 0.2) is 0 Å². The van der Waals surface area contributed by atoms with E-state index in [4.69, 9.17) is 0 Å². The molecule has 0 radical (unpaired) electrons. The van der Waals surface area contributed by atoms with Crippen molar-refractivity contribution in [2.24, 2.45) is 17.8 Å². The molecule has 0 spiro atoms. The van der Waals surface area contributed by atoms with Crippen LogP contribution < -0.4 is 10.6 Å². The van der Waals surface area contributed by atoms with Gasteiger partial charge in [0.05, 0.1) is 5.92 Å². The van der Waals surface area contributed by atoms with E-state index < -0.39 is 0 Å². The Labute approximate surface area is 143 Å². The number of hydrogen-bond acceptors (Lipinski definition) is 3. The number of carbonyl (C=O) groups is 3. The van der Waals surface area contributed by atoms with Crippen LogP contribution in [0.5, 0.6) is 0 Å². The van der Waals surface area contributed by atoms with E-state index in [1.165, 1.54) is 0 Å². The lowest BCUT2D eigenvalue weighted by molar-refractivity contribution is -0.125. The van der Waals surface area contributed by atoms with Crippen molar-refractivity contribution in [2.75, 3.05) is 5.32 Å². The topological polar surface area (TPSA) is 75.3 Å². The molecule has 130 valence electrons. The second-order valence-corrected chi connectivity index (χ2v) is 7.20. The van der Waals surface area contributed by atoms with Crippen LogP contribution in [0, 0.1) is 17.8 Å². The van der Waals surface area contributed by atoms with E-state index in [2.05, 4.69) is 31.4 Å². The van der Waals surface area contributed by atoms with E-state index in [-0.39, 0.29) is 30.1 Å². The summed E-state index contributed by atoms with van der Waals surface area (Å²) in [6, 6.07) is 7.47. The molecule has 0 aliphatic carbocycles. The Bertz CT molecular complexity index is 608. The maximum Gasteiger partial charge on any atom is 0.230 e. The number of hydrogen-bond donors (Lipinski definition) is 2. The van der Waals surface area contributed by atoms with E-state index in [9.17, 15) is 14.4 Å². The molecule has 24 heavy (non-hydrogen) atoms. The number of imide groups is 1. The predicted octanol–water partition coefficient (Wildman–Crippen LogP) is 2.90. The summed E-state index contributed by atoms with van der Waals surface area (Å²) in [5.41, 5.74) is 1.74. The summed E-state index contributed by atoms with van der Waals surface area (Å²) in [5.74, 6) is 0.293. The zero-order valence-electron chi connectivity index (χ0n) is 14.6. The Morgan fingerprint density at radius 3 is 2.42 bits per heavy atom. The molecule has 2 atom stereocenters. The predicted molar refractivity (Wildman–Crippen MR) is 93.3 cm³/mol. The molecule has 3 amide bonds. The van der Waals surface area contributed by atoms with Gasteiger partial charge in [0.2, 0.25) is 17.7 Å². The third kappa shape index (κ3) is 5.48. The van der Waals surface area contributed by atoms with E-state index in [1.54, 1.807) is 0 Å². The third-order valence-corrected chi connectivity index (χ3v) is 4.19. The molecule has 5 heteroatoms. The molecule has 2 rings (SSSR count). The number of benzene rings is 1. The molecule has 0 bridgehead atoms. The van der Waals surface area contributed by atoms with Crippen LogP contribution in [-0.4, -0.2) is 17.7 Å². The average Bonchev–Trinajstić information content (AvgIpc) is 2.77. The first-order valence-electron chi connectivity index (χ1n) is 8.56. The molecule has 1 aromatic rings. The minimum Gasteiger partial charge on any atom is -0.326 e. The lowest BCUT2D eigenvalue weighted by Crippen LogP contribution is -2.22. The number of rotatable bonds is 7. The van der Waals surface area contributed by atoms with Crippen LogP contribution in [0.3, 0.4) is 0 Å². The smallest absolute Gasteiger partial charge is 0.230 e. The third-order valence-electron chi connectivity index (χ3n) is 4.19. The van der Waals surface area contributed by atoms with Crippen molar-refractivity contribution in [2.45, 2.75) is 46.5 Å². The van der Waals surface area contributed by atoms with Gasteiger partial charge in [-0.25, -0.2) is 0 Å². The Morgan fingerprint density at radius 2 is 1.88 bits per heavy atom. The van der Waals surface area contributed by atoms with Crippen LogP contribution in [0.25, 0.3) is 0 Å². The van der Waals surface area contributed by atoms with Crippen molar-refractivity contribution in [1.29, 1.82) is 0 Å². The maximum atomic E-state index is 12.0. The van der Waals surface area contributed by atoms with Gasteiger partial charge >= 0.3 is 0 Å². The normalized spacial score (nSPS) is 18.6. The number of anilines is 1. The van der Waals surface area contributed by atoms with E-state index in [0.29, 0.717) is 24.7 Å². The molecular formula is C19H26N2O3. The van der Waals surface area contributed by atoms with Gasteiger partial charge in [-0.2, -0.15) is 0 Å². The van der Waals surface area contributed by atoms with Crippen molar-refractivity contribution in [1.82, 2.24) is 5.32 Å². The highest BCUT2D eigenvalue weighted by Crippen LogP contribution is 2.20. The second kappa shape index (κ2) is 8.08. The molecule has 1 aliphatic heterocycles. The van der Waals surface area contributed by atoms with Gasteiger partial charge in [-0.15, -0.1) is 0 Å². The highest BCUT2D eigenvalue weighted by molar-refractivity contribution is 6.03. The summed E-state index contributed by atoms with van der Waals surface area (Å²) in [7, 11) is 0. The van der Waals surface area contributed by atoms with Crippen molar-refractivity contribution in [3.8, 4) is 0 Å². The zero-order valence-corrected chi connectivity index (χ0v) is 14.6. The fourth-order valence-corrected chi connectivity index (χ4v) is 3.20. The minimum atomic E-state index is -0.283. The number of amides is 3. The summed E-state index contributed by atoms with van der Waals surface area (Å²) in [6.45, 7) is 6.41. The van der Waals surface area contributed by atoms with Crippen LogP contribution in [0.15, 0.2) is 24.3 Å². The van der Waals surface area contributed by atoms with Crippen molar-refractivity contribution in [3.63, 3.8) is 0 Å². The summed E-state index contributed by atoms with van der Waals surface area (Å²) in [6.07, 6.45) is 2.35. The van der Waals surface area contributed by atoms with E-state index in [0.717, 1.165) is 17.7 Å². The van der Waals surface area contributed by atoms with Gasteiger partial charge in [0.25, 0.3) is 0 Å². The van der Waals surface area contributed by atoms with Crippen LogP contribution in [0.2, 0.25) is 0 Å². The molecule has 5 nitrogen and oxygen atoms in total. The molecule has 2 N–H and O–H groups in total. The van der Waals surface area contributed by atoms with Gasteiger partial charge in [0, 0.05) is 18.5 Å². The van der Waals surface area contributed by atoms with Crippen molar-refractivity contribution in [3.05, 3.63) is 29.8 Å². The summed E-state index contributed by atoms with van der Waals surface area (Å²) in [5, 5.41) is 5.23. The fraction of sp³-hybridized carbons (Fsp3) is 0.526. The lowest BCUT2D eigenvalue weighted by Gasteiger charge is -2.14. The highest BCUT2D eigenvalue weighted by Gasteiger charge is 2.30. The van der Waals surface area contributed by atoms with E-state index >= 15 is 0 Å². The molecule has 2 unspecified atom stereocenters. The summed E-state index contributed by atoms with van der Waals surface area (Å²) >= 11 is 0. The molecule has 0 saturated carbocycles. The monoisotopic (exact) mass is 330 g/mol. The Kier molecular flexibility index (Phi) is 6.12. The first-order chi connectivity index (χ1) is 11.3. The molecule has 1 aromatic carbocycles. The Balaban J connectivity index is 1.84. The molecule has 1 aliphatic rings. The second-order valence-electron chi connectivity index (χ2n) is 7.20. The molecule has 1 saturated heterocycles. The minimum absolute atomic E-state index is 0.0247. The Morgan fingerprint density at radius 1 is 1.21 bits per heavy atom. The summed E-state index contributed by atoms with van der Waals surface area (Å²) in [4.78, 5) is 34.8. The van der Waals surface area contributed by atoms with Gasteiger partial charge in [-0.3, -0.25) is 19.7 Å². The van der Waals surface area contributed by atoms with Gasteiger partial charge in [-0.05, 0) is 42.4 Å². The lowest BCUT2D eigenvalue weighted by atomic mass is 9.95. The van der Waals surface area contributed by atoms with Crippen LogP contribution in [0.1, 0.15) is 45.6 Å². The van der Waals surface area contributed by atoms with E-state index in [1.807, 2.05) is 24.3 Å². The zero-order chi connectivity index (χ0) is 17.7. The maximum absolute atomic E-state index is 12.0. The van der Waals surface area contributed by atoms with Crippen molar-refractivity contribution >= 4 is 23.4 Å². The summed E-state index contributed by atoms with van der Waals surface area (Å²) < 4.78 is 0. The van der Waals surface area contributed by atoms with Crippen molar-refractivity contribution < 1.29 is 14.4 Å². The number of carbonyl (C=O) groups excluding carboxylic acids is 3. The van der Waals surface area contributed by atoms with Crippen LogP contribution in [0.4, 0.5) is 5.69 Å². The van der Waals surface area contributed by atoms with Gasteiger partial charge in [0.1, 0.15) is 0 Å². The SMILES string of the molecule is CC(C)CC(C)CC(=O)Nc1ccc(CC2CC(=O)NC2=O)cc1. The van der Waals surface area contributed by atoms with Crippen LogP contribution >= 0.6 is 0 Å². The Hall–Kier alpha value is -2.17. The molecule has 0 aromatic heterocycles. The average molecular weight is 330 g/mol. The van der Waals surface area contributed by atoms with Crippen LogP contribution in [-0.2, 0) is 20.8 Å². The van der Waals surface area contributed by atoms with Gasteiger partial charge < -0.3 is 5.32 Å².